The van der Waals surface area contributed by atoms with Crippen LogP contribution in [0.25, 0.3) is 0 Å². The van der Waals surface area contributed by atoms with Crippen LogP contribution in [-0.4, -0.2) is 0 Å². The lowest BCUT2D eigenvalue weighted by atomic mass is 10.0. The molecule has 4 heteroatoms. The van der Waals surface area contributed by atoms with E-state index in [4.69, 9.17) is 0 Å². The average molecular weight is 293 g/mol. The molecule has 21 heavy (non-hydrogen) atoms. The van der Waals surface area contributed by atoms with Gasteiger partial charge in [-0.25, -0.2) is 13.2 Å². The van der Waals surface area contributed by atoms with Gasteiger partial charge in [0.2, 0.25) is 0 Å². The van der Waals surface area contributed by atoms with Crippen molar-refractivity contribution in [3.63, 3.8) is 0 Å². The first-order valence-corrected chi connectivity index (χ1v) is 6.85. The summed E-state index contributed by atoms with van der Waals surface area (Å²) in [4.78, 5) is 0. The summed E-state index contributed by atoms with van der Waals surface area (Å²) in [7, 11) is 0. The van der Waals surface area contributed by atoms with Crippen LogP contribution in [0, 0.1) is 24.4 Å². The summed E-state index contributed by atoms with van der Waals surface area (Å²) in [5.41, 5.74) is 1.30. The number of rotatable bonds is 4. The van der Waals surface area contributed by atoms with Crippen LogP contribution in [-0.2, 0) is 0 Å². The maximum atomic E-state index is 13.9. The highest BCUT2D eigenvalue weighted by Gasteiger charge is 2.16. The van der Waals surface area contributed by atoms with Gasteiger partial charge >= 0.3 is 0 Å². The van der Waals surface area contributed by atoms with Gasteiger partial charge in [-0.15, -0.1) is 0 Å². The summed E-state index contributed by atoms with van der Waals surface area (Å²) in [5, 5.41) is 3.15. The van der Waals surface area contributed by atoms with Gasteiger partial charge in [-0.2, -0.15) is 0 Å². The fourth-order valence-electron chi connectivity index (χ4n) is 2.33. The number of hydrogen-bond acceptors (Lipinski definition) is 1. The van der Waals surface area contributed by atoms with E-state index >= 15 is 0 Å². The molecule has 0 saturated carbocycles. The minimum Gasteiger partial charge on any atom is -0.304 e. The van der Waals surface area contributed by atoms with Crippen LogP contribution < -0.4 is 5.32 Å². The zero-order valence-corrected chi connectivity index (χ0v) is 12.3. The molecule has 0 saturated heterocycles. The largest absolute Gasteiger partial charge is 0.304 e. The number of nitrogens with one attached hydrogen (secondary N) is 1. The van der Waals surface area contributed by atoms with Gasteiger partial charge in [0.05, 0.1) is 0 Å². The predicted molar refractivity (Wildman–Crippen MR) is 77.5 cm³/mol. The molecule has 0 aliphatic rings. The molecule has 0 aliphatic heterocycles. The molecule has 2 rings (SSSR count). The first-order valence-electron chi connectivity index (χ1n) is 6.85. The summed E-state index contributed by atoms with van der Waals surface area (Å²) < 4.78 is 40.7. The van der Waals surface area contributed by atoms with E-state index in [2.05, 4.69) is 5.32 Å². The van der Waals surface area contributed by atoms with Gasteiger partial charge in [0.1, 0.15) is 17.5 Å². The van der Waals surface area contributed by atoms with E-state index < -0.39 is 17.7 Å². The van der Waals surface area contributed by atoms with E-state index in [0.717, 1.165) is 5.56 Å². The molecule has 2 aromatic rings. The van der Waals surface area contributed by atoms with Gasteiger partial charge < -0.3 is 5.32 Å². The van der Waals surface area contributed by atoms with Gasteiger partial charge in [0.25, 0.3) is 0 Å². The molecule has 0 amide bonds. The SMILES string of the molecule is Cc1cc(F)c(C(C)N[C@H](C)c2cccc(F)c2)cc1F. The van der Waals surface area contributed by atoms with Crippen molar-refractivity contribution in [1.29, 1.82) is 0 Å². The summed E-state index contributed by atoms with van der Waals surface area (Å²) in [6.07, 6.45) is 0. The minimum atomic E-state index is -0.444. The van der Waals surface area contributed by atoms with Crippen molar-refractivity contribution in [2.24, 2.45) is 0 Å². The molecular formula is C17H18F3N. The van der Waals surface area contributed by atoms with Crippen LogP contribution in [0.3, 0.4) is 0 Å². The van der Waals surface area contributed by atoms with Crippen molar-refractivity contribution < 1.29 is 13.2 Å². The molecular weight excluding hydrogens is 275 g/mol. The maximum absolute atomic E-state index is 13.9. The molecule has 2 atom stereocenters. The minimum absolute atomic E-state index is 0.181. The molecule has 112 valence electrons. The highest BCUT2D eigenvalue weighted by Crippen LogP contribution is 2.24. The normalized spacial score (nSPS) is 14.0. The van der Waals surface area contributed by atoms with Crippen molar-refractivity contribution in [3.05, 3.63) is 70.5 Å². The first-order chi connectivity index (χ1) is 9.88. The Balaban J connectivity index is 2.18. The van der Waals surface area contributed by atoms with E-state index in [1.165, 1.54) is 31.2 Å². The van der Waals surface area contributed by atoms with Gasteiger partial charge in [0, 0.05) is 17.6 Å². The van der Waals surface area contributed by atoms with Crippen LogP contribution in [0.15, 0.2) is 36.4 Å². The third-order valence-electron chi connectivity index (χ3n) is 3.59. The quantitative estimate of drug-likeness (QED) is 0.852. The lowest BCUT2D eigenvalue weighted by Gasteiger charge is -2.21. The molecule has 2 aromatic carbocycles. The van der Waals surface area contributed by atoms with E-state index in [1.807, 2.05) is 6.92 Å². The predicted octanol–water partition coefficient (Wildman–Crippen LogP) is 4.82. The van der Waals surface area contributed by atoms with Crippen molar-refractivity contribution >= 4 is 0 Å². The molecule has 0 spiro atoms. The first kappa shape index (κ1) is 15.6. The Morgan fingerprint density at radius 3 is 2.29 bits per heavy atom. The molecule has 0 heterocycles. The second kappa shape index (κ2) is 6.31. The molecule has 0 aromatic heterocycles. The highest BCUT2D eigenvalue weighted by molar-refractivity contribution is 5.28. The molecule has 0 radical (unpaired) electrons. The molecule has 1 N–H and O–H groups in total. The highest BCUT2D eigenvalue weighted by atomic mass is 19.1. The zero-order valence-electron chi connectivity index (χ0n) is 12.3. The van der Waals surface area contributed by atoms with E-state index in [0.29, 0.717) is 0 Å². The van der Waals surface area contributed by atoms with Crippen molar-refractivity contribution in [2.75, 3.05) is 0 Å². The fraction of sp³-hybridized carbons (Fsp3) is 0.294. The number of benzene rings is 2. The van der Waals surface area contributed by atoms with Crippen LogP contribution in [0.4, 0.5) is 13.2 Å². The second-order valence-corrected chi connectivity index (χ2v) is 5.29. The Kier molecular flexibility index (Phi) is 4.68. The Morgan fingerprint density at radius 1 is 0.905 bits per heavy atom. The third-order valence-corrected chi connectivity index (χ3v) is 3.59. The summed E-state index contributed by atoms with van der Waals surface area (Å²) in [5.74, 6) is -1.19. The van der Waals surface area contributed by atoms with Gasteiger partial charge in [-0.05, 0) is 56.2 Å². The Hall–Kier alpha value is -1.81. The molecule has 0 aliphatic carbocycles. The third kappa shape index (κ3) is 3.64. The van der Waals surface area contributed by atoms with Gasteiger partial charge in [-0.3, -0.25) is 0 Å². The monoisotopic (exact) mass is 293 g/mol. The van der Waals surface area contributed by atoms with Crippen LogP contribution in [0.5, 0.6) is 0 Å². The van der Waals surface area contributed by atoms with Gasteiger partial charge in [0.15, 0.2) is 0 Å². The Labute approximate surface area is 122 Å². The second-order valence-electron chi connectivity index (χ2n) is 5.29. The topological polar surface area (TPSA) is 12.0 Å². The Morgan fingerprint density at radius 2 is 1.62 bits per heavy atom. The molecule has 1 unspecified atom stereocenters. The summed E-state index contributed by atoms with van der Waals surface area (Å²) in [6, 6.07) is 8.04. The number of hydrogen-bond donors (Lipinski definition) is 1. The number of halogens is 3. The van der Waals surface area contributed by atoms with Crippen molar-refractivity contribution in [3.8, 4) is 0 Å². The zero-order chi connectivity index (χ0) is 15.6. The van der Waals surface area contributed by atoms with Gasteiger partial charge in [-0.1, -0.05) is 12.1 Å². The molecule has 0 fully saturated rings. The van der Waals surface area contributed by atoms with E-state index in [-0.39, 0.29) is 23.0 Å². The van der Waals surface area contributed by atoms with E-state index in [9.17, 15) is 13.2 Å². The molecule has 1 nitrogen and oxygen atoms in total. The Bertz CT molecular complexity index is 640. The van der Waals surface area contributed by atoms with Crippen molar-refractivity contribution in [2.45, 2.75) is 32.9 Å². The van der Waals surface area contributed by atoms with Crippen LogP contribution in [0.1, 0.15) is 42.6 Å². The summed E-state index contributed by atoms with van der Waals surface area (Å²) in [6.45, 7) is 5.13. The van der Waals surface area contributed by atoms with E-state index in [1.54, 1.807) is 19.1 Å². The average Bonchev–Trinajstić information content (AvgIpc) is 2.42. The fourth-order valence-corrected chi connectivity index (χ4v) is 2.33. The standard InChI is InChI=1S/C17H18F3N/c1-10-7-17(20)15(9-16(10)19)12(3)21-11(2)13-5-4-6-14(18)8-13/h4-9,11-12,21H,1-3H3/t11-,12?/m1/s1. The number of aryl methyl sites for hydroxylation is 1. The smallest absolute Gasteiger partial charge is 0.128 e. The van der Waals surface area contributed by atoms with Crippen molar-refractivity contribution in [1.82, 2.24) is 5.32 Å². The van der Waals surface area contributed by atoms with Crippen LogP contribution in [0.2, 0.25) is 0 Å². The van der Waals surface area contributed by atoms with Crippen LogP contribution >= 0.6 is 0 Å². The lowest BCUT2D eigenvalue weighted by molar-refractivity contribution is 0.467. The lowest BCUT2D eigenvalue weighted by Crippen LogP contribution is -2.23. The summed E-state index contributed by atoms with van der Waals surface area (Å²) >= 11 is 0. The molecule has 0 bridgehead atoms. The maximum Gasteiger partial charge on any atom is 0.128 e.